The van der Waals surface area contributed by atoms with Crippen molar-refractivity contribution in [2.75, 3.05) is 7.11 Å². The number of hydrogen-bond acceptors (Lipinski definition) is 4. The average Bonchev–Trinajstić information content (AvgIpc) is 2.81. The van der Waals surface area contributed by atoms with Crippen LogP contribution >= 0.6 is 15.9 Å². The number of methoxy groups -OCH3 is 1. The smallest absolute Gasteiger partial charge is 0.376 e. The Bertz CT molecular complexity index is 663. The predicted octanol–water partition coefficient (Wildman–Crippen LogP) is 4.50. The number of ether oxygens (including phenoxy) is 1. The SMILES string of the molecule is COC(=O)c1oc(-c2cc(C)cc(Br)c2)nc1C(C)(C)C. The van der Waals surface area contributed by atoms with Crippen LogP contribution in [0.3, 0.4) is 0 Å². The van der Waals surface area contributed by atoms with E-state index in [9.17, 15) is 4.79 Å². The van der Waals surface area contributed by atoms with Crippen LogP contribution in [-0.2, 0) is 10.2 Å². The van der Waals surface area contributed by atoms with E-state index in [1.54, 1.807) is 0 Å². The van der Waals surface area contributed by atoms with Crippen molar-refractivity contribution in [2.24, 2.45) is 0 Å². The molecule has 0 atom stereocenters. The topological polar surface area (TPSA) is 52.3 Å². The van der Waals surface area contributed by atoms with Crippen molar-refractivity contribution >= 4 is 21.9 Å². The molecule has 0 fully saturated rings. The van der Waals surface area contributed by atoms with E-state index in [1.165, 1.54) is 7.11 Å². The van der Waals surface area contributed by atoms with Gasteiger partial charge in [-0.2, -0.15) is 0 Å². The van der Waals surface area contributed by atoms with Gasteiger partial charge in [0.1, 0.15) is 5.69 Å². The molecular weight excluding hydrogens is 334 g/mol. The van der Waals surface area contributed by atoms with Crippen LogP contribution in [0.25, 0.3) is 11.5 Å². The number of carbonyl (C=O) groups excluding carboxylic acids is 1. The summed E-state index contributed by atoms with van der Waals surface area (Å²) in [5, 5.41) is 0. The lowest BCUT2D eigenvalue weighted by atomic mass is 9.91. The van der Waals surface area contributed by atoms with Crippen molar-refractivity contribution in [2.45, 2.75) is 33.1 Å². The Labute approximate surface area is 132 Å². The number of carbonyl (C=O) groups is 1. The van der Waals surface area contributed by atoms with Gasteiger partial charge in [0.25, 0.3) is 0 Å². The number of hydrogen-bond donors (Lipinski definition) is 0. The van der Waals surface area contributed by atoms with Gasteiger partial charge in [0.2, 0.25) is 11.7 Å². The minimum Gasteiger partial charge on any atom is -0.463 e. The molecule has 2 aromatic rings. The van der Waals surface area contributed by atoms with Gasteiger partial charge in [-0.15, -0.1) is 0 Å². The van der Waals surface area contributed by atoms with Crippen LogP contribution < -0.4 is 0 Å². The number of halogens is 1. The third-order valence-electron chi connectivity index (χ3n) is 3.00. The Kier molecular flexibility index (Phi) is 4.23. The number of nitrogens with zero attached hydrogens (tertiary/aromatic N) is 1. The maximum absolute atomic E-state index is 11.9. The molecule has 4 nitrogen and oxygen atoms in total. The summed E-state index contributed by atoms with van der Waals surface area (Å²) in [5.41, 5.74) is 2.19. The highest BCUT2D eigenvalue weighted by atomic mass is 79.9. The van der Waals surface area contributed by atoms with E-state index in [0.29, 0.717) is 11.6 Å². The Hall–Kier alpha value is -1.62. The fourth-order valence-corrected chi connectivity index (χ4v) is 2.65. The van der Waals surface area contributed by atoms with Gasteiger partial charge in [-0.25, -0.2) is 9.78 Å². The fraction of sp³-hybridized carbons (Fsp3) is 0.375. The van der Waals surface area contributed by atoms with E-state index in [1.807, 2.05) is 45.9 Å². The van der Waals surface area contributed by atoms with E-state index in [-0.39, 0.29) is 11.2 Å². The summed E-state index contributed by atoms with van der Waals surface area (Å²) in [5.74, 6) is 0.0766. The van der Waals surface area contributed by atoms with Crippen molar-refractivity contribution in [3.8, 4) is 11.5 Å². The molecule has 0 spiro atoms. The summed E-state index contributed by atoms with van der Waals surface area (Å²) < 4.78 is 11.4. The zero-order chi connectivity index (χ0) is 15.8. The lowest BCUT2D eigenvalue weighted by Gasteiger charge is -2.15. The summed E-state index contributed by atoms with van der Waals surface area (Å²) in [6.45, 7) is 7.93. The van der Waals surface area contributed by atoms with Crippen molar-refractivity contribution in [1.29, 1.82) is 0 Å². The summed E-state index contributed by atoms with van der Waals surface area (Å²) in [4.78, 5) is 16.4. The summed E-state index contributed by atoms with van der Waals surface area (Å²) in [6.07, 6.45) is 0. The van der Waals surface area contributed by atoms with Crippen molar-refractivity contribution < 1.29 is 13.9 Å². The van der Waals surface area contributed by atoms with Gasteiger partial charge in [-0.3, -0.25) is 0 Å². The molecule has 0 bridgehead atoms. The van der Waals surface area contributed by atoms with Gasteiger partial charge in [-0.1, -0.05) is 36.7 Å². The quantitative estimate of drug-likeness (QED) is 0.747. The third-order valence-corrected chi connectivity index (χ3v) is 3.46. The standard InChI is InChI=1S/C16H18BrNO3/c1-9-6-10(8-11(17)7-9)14-18-13(16(2,3)4)12(21-14)15(19)20-5/h6-8H,1-5H3. The third kappa shape index (κ3) is 3.35. The van der Waals surface area contributed by atoms with Crippen LogP contribution in [0.5, 0.6) is 0 Å². The molecule has 0 radical (unpaired) electrons. The monoisotopic (exact) mass is 351 g/mol. The summed E-state index contributed by atoms with van der Waals surface area (Å²) in [6, 6.07) is 5.87. The molecule has 112 valence electrons. The first kappa shape index (κ1) is 15.8. The largest absolute Gasteiger partial charge is 0.463 e. The first-order valence-electron chi connectivity index (χ1n) is 6.59. The van der Waals surface area contributed by atoms with Crippen LogP contribution in [0.1, 0.15) is 42.6 Å². The molecule has 1 heterocycles. The molecule has 21 heavy (non-hydrogen) atoms. The second kappa shape index (κ2) is 5.64. The first-order chi connectivity index (χ1) is 9.72. The highest BCUT2D eigenvalue weighted by Crippen LogP contribution is 2.32. The van der Waals surface area contributed by atoms with E-state index in [4.69, 9.17) is 9.15 Å². The predicted molar refractivity (Wildman–Crippen MR) is 84.4 cm³/mol. The number of aryl methyl sites for hydroxylation is 1. The normalized spacial score (nSPS) is 11.5. The molecule has 1 aromatic heterocycles. The summed E-state index contributed by atoms with van der Waals surface area (Å²) >= 11 is 3.46. The molecule has 0 saturated carbocycles. The Morgan fingerprint density at radius 1 is 1.29 bits per heavy atom. The van der Waals surface area contributed by atoms with E-state index >= 15 is 0 Å². The van der Waals surface area contributed by atoms with Crippen molar-refractivity contribution in [1.82, 2.24) is 4.98 Å². The van der Waals surface area contributed by atoms with E-state index < -0.39 is 5.97 Å². The molecule has 0 aliphatic carbocycles. The minimum atomic E-state index is -0.509. The second-order valence-electron chi connectivity index (χ2n) is 5.96. The van der Waals surface area contributed by atoms with Crippen molar-refractivity contribution in [3.05, 3.63) is 39.7 Å². The average molecular weight is 352 g/mol. The second-order valence-corrected chi connectivity index (χ2v) is 6.87. The Balaban J connectivity index is 2.61. The molecule has 0 unspecified atom stereocenters. The minimum absolute atomic E-state index is 0.164. The van der Waals surface area contributed by atoms with Gasteiger partial charge >= 0.3 is 5.97 Å². The molecular formula is C16H18BrNO3. The summed E-state index contributed by atoms with van der Waals surface area (Å²) in [7, 11) is 1.33. The van der Waals surface area contributed by atoms with Crippen molar-refractivity contribution in [3.63, 3.8) is 0 Å². The number of aromatic nitrogens is 1. The number of benzene rings is 1. The molecule has 0 saturated heterocycles. The van der Waals surface area contributed by atoms with E-state index in [0.717, 1.165) is 15.6 Å². The van der Waals surface area contributed by atoms with Crippen LogP contribution in [0, 0.1) is 6.92 Å². The van der Waals surface area contributed by atoms with Gasteiger partial charge < -0.3 is 9.15 Å². The molecule has 0 aliphatic heterocycles. The van der Waals surface area contributed by atoms with Crippen LogP contribution in [0.15, 0.2) is 27.1 Å². The maximum atomic E-state index is 11.9. The lowest BCUT2D eigenvalue weighted by Crippen LogP contribution is -2.17. The molecule has 0 aliphatic rings. The molecule has 2 rings (SSSR count). The molecule has 5 heteroatoms. The fourth-order valence-electron chi connectivity index (χ4n) is 2.04. The highest BCUT2D eigenvalue weighted by Gasteiger charge is 2.30. The molecule has 0 amide bonds. The van der Waals surface area contributed by atoms with Crippen LogP contribution in [-0.4, -0.2) is 18.1 Å². The molecule has 1 aromatic carbocycles. The lowest BCUT2D eigenvalue weighted by molar-refractivity contribution is 0.0562. The van der Waals surface area contributed by atoms with Gasteiger partial charge in [0, 0.05) is 15.5 Å². The Morgan fingerprint density at radius 3 is 2.48 bits per heavy atom. The number of esters is 1. The van der Waals surface area contributed by atoms with Crippen LogP contribution in [0.2, 0.25) is 0 Å². The molecule has 0 N–H and O–H groups in total. The zero-order valence-corrected chi connectivity index (χ0v) is 14.4. The van der Waals surface area contributed by atoms with Gasteiger partial charge in [0.15, 0.2) is 0 Å². The number of oxazole rings is 1. The maximum Gasteiger partial charge on any atom is 0.376 e. The van der Waals surface area contributed by atoms with Gasteiger partial charge in [-0.05, 0) is 30.7 Å². The Morgan fingerprint density at radius 2 is 1.95 bits per heavy atom. The van der Waals surface area contributed by atoms with Gasteiger partial charge in [0.05, 0.1) is 7.11 Å². The highest BCUT2D eigenvalue weighted by molar-refractivity contribution is 9.10. The number of rotatable bonds is 2. The first-order valence-corrected chi connectivity index (χ1v) is 7.39. The zero-order valence-electron chi connectivity index (χ0n) is 12.8. The van der Waals surface area contributed by atoms with E-state index in [2.05, 4.69) is 20.9 Å². The van der Waals surface area contributed by atoms with Crippen LogP contribution in [0.4, 0.5) is 0 Å².